The Morgan fingerprint density at radius 1 is 1.50 bits per heavy atom. The molecule has 0 radical (unpaired) electrons. The topological polar surface area (TPSA) is 50.1 Å². The van der Waals surface area contributed by atoms with Crippen LogP contribution in [0.1, 0.15) is 28.4 Å². The third-order valence-electron chi connectivity index (χ3n) is 2.03. The zero-order valence-corrected chi connectivity index (χ0v) is 8.75. The van der Waals surface area contributed by atoms with Crippen molar-refractivity contribution in [1.29, 1.82) is 5.26 Å². The second-order valence-electron chi connectivity index (χ2n) is 3.21. The van der Waals surface area contributed by atoms with Gasteiger partial charge in [-0.3, -0.25) is 4.79 Å². The van der Waals surface area contributed by atoms with Crippen LogP contribution in [0.5, 0.6) is 5.75 Å². The Morgan fingerprint density at radius 2 is 2.12 bits per heavy atom. The lowest BCUT2D eigenvalue weighted by atomic mass is 10.0. The molecule has 0 aliphatic carbocycles. The first-order valence-corrected chi connectivity index (χ1v) is 4.46. The normalized spacial score (nSPS) is 10.0. The van der Waals surface area contributed by atoms with E-state index in [0.717, 1.165) is 6.07 Å². The van der Waals surface area contributed by atoms with Crippen LogP contribution in [0.15, 0.2) is 12.1 Å². The van der Waals surface area contributed by atoms with Crippen LogP contribution in [0.3, 0.4) is 0 Å². The van der Waals surface area contributed by atoms with Crippen LogP contribution < -0.4 is 4.74 Å². The van der Waals surface area contributed by atoms with Gasteiger partial charge in [-0.05, 0) is 31.5 Å². The number of halogens is 2. The second-order valence-corrected chi connectivity index (χ2v) is 3.21. The highest BCUT2D eigenvalue weighted by Gasteiger charge is 2.14. The Kier molecular flexibility index (Phi) is 3.56. The lowest BCUT2D eigenvalue weighted by Crippen LogP contribution is -2.06. The van der Waals surface area contributed by atoms with Gasteiger partial charge in [0.25, 0.3) is 0 Å². The Hall–Kier alpha value is -1.96. The summed E-state index contributed by atoms with van der Waals surface area (Å²) >= 11 is 0. The number of carbonyl (C=O) groups excluding carboxylic acids is 1. The second kappa shape index (κ2) is 4.71. The molecule has 0 heterocycles. The van der Waals surface area contributed by atoms with Gasteiger partial charge in [-0.15, -0.1) is 0 Å². The van der Waals surface area contributed by atoms with Crippen molar-refractivity contribution >= 4 is 5.78 Å². The first-order chi connectivity index (χ1) is 7.45. The van der Waals surface area contributed by atoms with Crippen LogP contribution in [-0.4, -0.2) is 12.4 Å². The summed E-state index contributed by atoms with van der Waals surface area (Å²) in [4.78, 5) is 11.2. The van der Waals surface area contributed by atoms with Crippen LogP contribution in [0.2, 0.25) is 0 Å². The van der Waals surface area contributed by atoms with E-state index in [1.807, 2.05) is 0 Å². The number of nitriles is 1. The molecule has 0 fully saturated rings. The summed E-state index contributed by atoms with van der Waals surface area (Å²) in [5.74, 6) is -0.375. The van der Waals surface area contributed by atoms with Crippen molar-refractivity contribution in [2.75, 3.05) is 0 Å². The van der Waals surface area contributed by atoms with E-state index in [4.69, 9.17) is 5.26 Å². The fraction of sp³-hybridized carbons (Fsp3) is 0.273. The third-order valence-corrected chi connectivity index (χ3v) is 2.03. The number of nitrogens with zero attached hydrogens (tertiary/aromatic N) is 1. The molecule has 0 aliphatic rings. The average Bonchev–Trinajstić information content (AvgIpc) is 2.19. The molecule has 1 rings (SSSR count). The van der Waals surface area contributed by atoms with Crippen LogP contribution in [0, 0.1) is 18.3 Å². The molecule has 84 valence electrons. The van der Waals surface area contributed by atoms with E-state index in [1.165, 1.54) is 19.9 Å². The summed E-state index contributed by atoms with van der Waals surface area (Å²) in [5.41, 5.74) is 0.639. The summed E-state index contributed by atoms with van der Waals surface area (Å²) in [6.45, 7) is -0.109. The molecule has 1 aromatic carbocycles. The molecule has 0 amide bonds. The number of carbonyl (C=O) groups is 1. The molecular formula is C11H9F2NO2. The van der Waals surface area contributed by atoms with Gasteiger partial charge in [0.1, 0.15) is 11.8 Å². The van der Waals surface area contributed by atoms with Crippen LogP contribution >= 0.6 is 0 Å². The number of ether oxygens (including phenoxy) is 1. The smallest absolute Gasteiger partial charge is 0.387 e. The fourth-order valence-corrected chi connectivity index (χ4v) is 1.29. The monoisotopic (exact) mass is 225 g/mol. The number of ketones is 1. The average molecular weight is 225 g/mol. The van der Waals surface area contributed by atoms with Crippen molar-refractivity contribution in [3.05, 3.63) is 28.8 Å². The highest BCUT2D eigenvalue weighted by atomic mass is 19.3. The summed E-state index contributed by atoms with van der Waals surface area (Å²) < 4.78 is 28.3. The maximum atomic E-state index is 12.0. The lowest BCUT2D eigenvalue weighted by Gasteiger charge is -2.10. The Morgan fingerprint density at radius 3 is 2.56 bits per heavy atom. The predicted octanol–water partition coefficient (Wildman–Crippen LogP) is 2.67. The van der Waals surface area contributed by atoms with Crippen LogP contribution in [0.25, 0.3) is 0 Å². The quantitative estimate of drug-likeness (QED) is 0.743. The van der Waals surface area contributed by atoms with Crippen LogP contribution in [0.4, 0.5) is 8.78 Å². The molecule has 5 heteroatoms. The number of aryl methyl sites for hydroxylation is 1. The van der Waals surface area contributed by atoms with Crippen LogP contribution in [-0.2, 0) is 0 Å². The van der Waals surface area contributed by atoms with Crippen molar-refractivity contribution in [2.24, 2.45) is 0 Å². The van der Waals surface area contributed by atoms with E-state index in [0.29, 0.717) is 5.56 Å². The van der Waals surface area contributed by atoms with Gasteiger partial charge in [-0.2, -0.15) is 14.0 Å². The molecule has 0 bridgehead atoms. The van der Waals surface area contributed by atoms with E-state index >= 15 is 0 Å². The highest BCUT2D eigenvalue weighted by molar-refractivity contribution is 5.97. The van der Waals surface area contributed by atoms with Crippen molar-refractivity contribution in [2.45, 2.75) is 20.5 Å². The first-order valence-electron chi connectivity index (χ1n) is 4.46. The number of Topliss-reactive ketones (excluding diaryl/α,β-unsaturated/α-hetero) is 1. The molecule has 16 heavy (non-hydrogen) atoms. The molecule has 0 saturated heterocycles. The van der Waals surface area contributed by atoms with Gasteiger partial charge in [0.15, 0.2) is 5.78 Å². The summed E-state index contributed by atoms with van der Waals surface area (Å²) in [5, 5.41) is 8.77. The van der Waals surface area contributed by atoms with E-state index in [2.05, 4.69) is 4.74 Å². The zero-order chi connectivity index (χ0) is 12.3. The van der Waals surface area contributed by atoms with Gasteiger partial charge < -0.3 is 4.74 Å². The number of benzene rings is 1. The molecule has 0 unspecified atom stereocenters. The predicted molar refractivity (Wildman–Crippen MR) is 52.5 cm³/mol. The maximum absolute atomic E-state index is 12.0. The van der Waals surface area contributed by atoms with Gasteiger partial charge in [0.05, 0.1) is 5.56 Å². The van der Waals surface area contributed by atoms with Gasteiger partial charge in [0.2, 0.25) is 0 Å². The summed E-state index contributed by atoms with van der Waals surface area (Å²) in [7, 11) is 0. The van der Waals surface area contributed by atoms with Gasteiger partial charge in [0, 0.05) is 5.56 Å². The molecule has 0 atom stereocenters. The molecule has 0 spiro atoms. The highest BCUT2D eigenvalue weighted by Crippen LogP contribution is 2.24. The fourth-order valence-electron chi connectivity index (χ4n) is 1.29. The van der Waals surface area contributed by atoms with E-state index in [1.54, 1.807) is 6.07 Å². The first kappa shape index (κ1) is 12.1. The van der Waals surface area contributed by atoms with Gasteiger partial charge in [-0.25, -0.2) is 0 Å². The molecular weight excluding hydrogens is 216 g/mol. The molecule has 3 nitrogen and oxygen atoms in total. The molecule has 0 aromatic heterocycles. The van der Waals surface area contributed by atoms with E-state index in [9.17, 15) is 13.6 Å². The zero-order valence-electron chi connectivity index (χ0n) is 8.75. The van der Waals surface area contributed by atoms with Crippen molar-refractivity contribution < 1.29 is 18.3 Å². The molecule has 1 aromatic rings. The molecule has 0 saturated carbocycles. The molecule has 0 N–H and O–H groups in total. The minimum Gasteiger partial charge on any atom is -0.435 e. The number of hydrogen-bond donors (Lipinski definition) is 0. The Labute approximate surface area is 91.3 Å². The lowest BCUT2D eigenvalue weighted by molar-refractivity contribution is -0.0503. The minimum atomic E-state index is -2.95. The standard InChI is InChI=1S/C11H9F2NO2/c1-6-3-9(7(2)15)8(5-14)4-10(6)16-11(12)13/h3-4,11H,1-2H3. The van der Waals surface area contributed by atoms with Gasteiger partial charge >= 0.3 is 6.61 Å². The maximum Gasteiger partial charge on any atom is 0.387 e. The Bertz CT molecular complexity index is 464. The Balaban J connectivity index is 3.27. The van der Waals surface area contributed by atoms with E-state index in [-0.39, 0.29) is 22.7 Å². The third kappa shape index (κ3) is 2.54. The largest absolute Gasteiger partial charge is 0.435 e. The van der Waals surface area contributed by atoms with Crippen molar-refractivity contribution in [3.8, 4) is 11.8 Å². The SMILES string of the molecule is CC(=O)c1cc(C)c(OC(F)F)cc1C#N. The molecule has 0 aliphatic heterocycles. The number of alkyl halides is 2. The summed E-state index contributed by atoms with van der Waals surface area (Å²) in [6, 6.07) is 4.30. The van der Waals surface area contributed by atoms with E-state index < -0.39 is 6.61 Å². The number of hydrogen-bond acceptors (Lipinski definition) is 3. The minimum absolute atomic E-state index is 0.0359. The van der Waals surface area contributed by atoms with Crippen molar-refractivity contribution in [1.82, 2.24) is 0 Å². The van der Waals surface area contributed by atoms with Gasteiger partial charge in [-0.1, -0.05) is 0 Å². The number of rotatable bonds is 3. The van der Waals surface area contributed by atoms with Crippen molar-refractivity contribution in [3.63, 3.8) is 0 Å². The summed E-state index contributed by atoms with van der Waals surface area (Å²) in [6.07, 6.45) is 0.